The maximum Gasteiger partial charge on any atom is 0.330 e. The van der Waals surface area contributed by atoms with Crippen molar-refractivity contribution in [2.75, 3.05) is 7.11 Å². The summed E-state index contributed by atoms with van der Waals surface area (Å²) in [7, 11) is 1.38. The molecule has 3 heteroatoms. The molecule has 0 radical (unpaired) electrons. The van der Waals surface area contributed by atoms with Crippen LogP contribution in [-0.4, -0.2) is 24.3 Å². The Morgan fingerprint density at radius 1 is 1.23 bits per heavy atom. The number of aliphatic hydroxyl groups excluding tert-OH is 1. The Morgan fingerprint density at radius 3 is 2.64 bits per heavy atom. The summed E-state index contributed by atoms with van der Waals surface area (Å²) >= 11 is 0. The Balaban J connectivity index is 2.15. The van der Waals surface area contributed by atoms with Crippen molar-refractivity contribution in [1.82, 2.24) is 0 Å². The molecule has 122 valence electrons. The monoisotopic (exact) mass is 304 g/mol. The number of fused-ring (bicyclic) bond motifs is 1. The maximum atomic E-state index is 11.1. The summed E-state index contributed by atoms with van der Waals surface area (Å²) in [6.45, 7) is 6.55. The first kappa shape index (κ1) is 17.0. The third kappa shape index (κ3) is 3.52. The summed E-state index contributed by atoms with van der Waals surface area (Å²) < 4.78 is 4.59. The second-order valence-electron chi connectivity index (χ2n) is 6.89. The molecule has 4 unspecified atom stereocenters. The van der Waals surface area contributed by atoms with E-state index in [9.17, 15) is 9.90 Å². The van der Waals surface area contributed by atoms with E-state index in [2.05, 4.69) is 43.7 Å². The van der Waals surface area contributed by atoms with E-state index in [1.54, 1.807) is 6.08 Å². The zero-order valence-corrected chi connectivity index (χ0v) is 14.0. The van der Waals surface area contributed by atoms with Gasteiger partial charge in [0.2, 0.25) is 0 Å². The molecule has 2 aliphatic carbocycles. The lowest BCUT2D eigenvalue weighted by Crippen LogP contribution is -2.46. The molecule has 1 N–H and O–H groups in total. The Bertz CT molecular complexity index is 477. The van der Waals surface area contributed by atoms with Crippen molar-refractivity contribution in [2.45, 2.75) is 33.3 Å². The van der Waals surface area contributed by atoms with Gasteiger partial charge in [0.05, 0.1) is 13.2 Å². The van der Waals surface area contributed by atoms with Gasteiger partial charge in [0.15, 0.2) is 0 Å². The number of allylic oxidation sites excluding steroid dienone is 5. The molecule has 0 bridgehead atoms. The van der Waals surface area contributed by atoms with Crippen LogP contribution >= 0.6 is 0 Å². The largest absolute Gasteiger partial charge is 0.466 e. The Hall–Kier alpha value is -1.35. The van der Waals surface area contributed by atoms with Gasteiger partial charge in [-0.3, -0.25) is 0 Å². The topological polar surface area (TPSA) is 46.5 Å². The van der Waals surface area contributed by atoms with Crippen LogP contribution in [0.1, 0.15) is 27.2 Å². The van der Waals surface area contributed by atoms with Crippen molar-refractivity contribution in [3.63, 3.8) is 0 Å². The lowest BCUT2D eigenvalue weighted by atomic mass is 9.58. The summed E-state index contributed by atoms with van der Waals surface area (Å²) in [6, 6.07) is 0. The third-order valence-electron chi connectivity index (χ3n) is 5.46. The molecule has 0 aromatic heterocycles. The lowest BCUT2D eigenvalue weighted by Gasteiger charge is -2.48. The predicted molar refractivity (Wildman–Crippen MR) is 88.0 cm³/mol. The van der Waals surface area contributed by atoms with Crippen LogP contribution in [0.2, 0.25) is 0 Å². The number of esters is 1. The summed E-state index contributed by atoms with van der Waals surface area (Å²) in [5.74, 6) is 2.17. The second kappa shape index (κ2) is 7.28. The molecule has 1 saturated carbocycles. The Kier molecular flexibility index (Phi) is 5.63. The highest BCUT2D eigenvalue weighted by molar-refractivity contribution is 5.82. The molecule has 3 nitrogen and oxygen atoms in total. The van der Waals surface area contributed by atoms with Crippen LogP contribution in [0.3, 0.4) is 0 Å². The molecule has 1 fully saturated rings. The number of carbonyl (C=O) groups is 1. The van der Waals surface area contributed by atoms with Crippen LogP contribution in [0.5, 0.6) is 0 Å². The van der Waals surface area contributed by atoms with Gasteiger partial charge < -0.3 is 9.84 Å². The van der Waals surface area contributed by atoms with Gasteiger partial charge in [0.1, 0.15) is 0 Å². The van der Waals surface area contributed by atoms with E-state index in [1.807, 2.05) is 6.08 Å². The van der Waals surface area contributed by atoms with E-state index < -0.39 is 0 Å². The number of methoxy groups -OCH3 is 1. The van der Waals surface area contributed by atoms with Crippen LogP contribution in [-0.2, 0) is 9.53 Å². The Morgan fingerprint density at radius 2 is 1.95 bits per heavy atom. The summed E-state index contributed by atoms with van der Waals surface area (Å²) in [4.78, 5) is 11.1. The SMILES string of the molecule is COC(=O)/C=C/C=C/C1C(C)C=C[C@H]2CC(C)[C@H](O)C(C)[C@@H]12. The number of aliphatic hydroxyl groups is 1. The molecule has 0 aliphatic heterocycles. The minimum absolute atomic E-state index is 0.221. The van der Waals surface area contributed by atoms with Crippen molar-refractivity contribution in [2.24, 2.45) is 35.5 Å². The van der Waals surface area contributed by atoms with Crippen molar-refractivity contribution in [3.8, 4) is 0 Å². The zero-order chi connectivity index (χ0) is 16.3. The van der Waals surface area contributed by atoms with E-state index in [1.165, 1.54) is 13.2 Å². The molecule has 0 aromatic rings. The van der Waals surface area contributed by atoms with E-state index >= 15 is 0 Å². The van der Waals surface area contributed by atoms with Crippen LogP contribution in [0.25, 0.3) is 0 Å². The number of rotatable bonds is 3. The zero-order valence-electron chi connectivity index (χ0n) is 14.0. The van der Waals surface area contributed by atoms with E-state index in [-0.39, 0.29) is 12.1 Å². The normalized spacial score (nSPS) is 41.8. The highest BCUT2D eigenvalue weighted by Gasteiger charge is 2.44. The predicted octanol–water partition coefficient (Wildman–Crippen LogP) is 3.36. The fourth-order valence-electron chi connectivity index (χ4n) is 4.20. The average molecular weight is 304 g/mol. The maximum absolute atomic E-state index is 11.1. The van der Waals surface area contributed by atoms with Gasteiger partial charge in [-0.1, -0.05) is 51.2 Å². The van der Waals surface area contributed by atoms with Crippen molar-refractivity contribution in [3.05, 3.63) is 36.5 Å². The number of ether oxygens (including phenoxy) is 1. The lowest BCUT2D eigenvalue weighted by molar-refractivity contribution is -0.134. The van der Waals surface area contributed by atoms with Gasteiger partial charge in [-0.15, -0.1) is 0 Å². The molecule has 2 rings (SSSR count). The molecule has 0 spiro atoms. The molecule has 0 heterocycles. The molecule has 7 atom stereocenters. The van der Waals surface area contributed by atoms with Crippen molar-refractivity contribution >= 4 is 5.97 Å². The van der Waals surface area contributed by atoms with Gasteiger partial charge in [-0.2, -0.15) is 0 Å². The Labute approximate surface area is 133 Å². The smallest absolute Gasteiger partial charge is 0.330 e. The van der Waals surface area contributed by atoms with Gasteiger partial charge in [-0.25, -0.2) is 4.79 Å². The molecule has 22 heavy (non-hydrogen) atoms. The van der Waals surface area contributed by atoms with Gasteiger partial charge in [-0.05, 0) is 41.9 Å². The number of hydrogen-bond donors (Lipinski definition) is 1. The van der Waals surface area contributed by atoms with Gasteiger partial charge in [0.25, 0.3) is 0 Å². The minimum Gasteiger partial charge on any atom is -0.466 e. The number of carbonyl (C=O) groups excluding carboxylic acids is 1. The third-order valence-corrected chi connectivity index (χ3v) is 5.46. The van der Waals surface area contributed by atoms with E-state index in [4.69, 9.17) is 0 Å². The van der Waals surface area contributed by atoms with Crippen LogP contribution in [0.15, 0.2) is 36.5 Å². The highest BCUT2D eigenvalue weighted by atomic mass is 16.5. The molecule has 0 amide bonds. The minimum atomic E-state index is -0.339. The van der Waals surface area contributed by atoms with E-state index in [0.717, 1.165) is 6.42 Å². The molecule has 0 saturated heterocycles. The number of hydrogen-bond acceptors (Lipinski definition) is 3. The fraction of sp³-hybridized carbons (Fsp3) is 0.632. The fourth-order valence-corrected chi connectivity index (χ4v) is 4.20. The first-order valence-electron chi connectivity index (χ1n) is 8.25. The quantitative estimate of drug-likeness (QED) is 0.376. The van der Waals surface area contributed by atoms with Crippen LogP contribution in [0.4, 0.5) is 0 Å². The van der Waals surface area contributed by atoms with Crippen molar-refractivity contribution in [1.29, 1.82) is 0 Å². The van der Waals surface area contributed by atoms with Crippen LogP contribution < -0.4 is 0 Å². The van der Waals surface area contributed by atoms with Gasteiger partial charge in [0, 0.05) is 6.08 Å². The summed E-state index contributed by atoms with van der Waals surface area (Å²) in [5, 5.41) is 10.4. The van der Waals surface area contributed by atoms with Gasteiger partial charge >= 0.3 is 5.97 Å². The molecular formula is C19H28O3. The molecule has 2 aliphatic rings. The molecule has 0 aromatic carbocycles. The average Bonchev–Trinajstić information content (AvgIpc) is 2.51. The molecular weight excluding hydrogens is 276 g/mol. The first-order chi connectivity index (χ1) is 10.5. The summed E-state index contributed by atoms with van der Waals surface area (Å²) in [6.07, 6.45) is 12.8. The standard InChI is InChI=1S/C19H28O3/c1-12-9-10-15-11-13(2)19(21)14(3)18(15)16(12)7-5-6-8-17(20)22-4/h5-10,12-16,18-19,21H,11H2,1-4H3/b7-5+,8-6+/t12?,13?,14?,15-,16?,18+,19-/m0/s1. The summed E-state index contributed by atoms with van der Waals surface area (Å²) in [5.41, 5.74) is 0. The van der Waals surface area contributed by atoms with E-state index in [0.29, 0.717) is 35.5 Å². The van der Waals surface area contributed by atoms with Crippen molar-refractivity contribution < 1.29 is 14.6 Å². The van der Waals surface area contributed by atoms with Crippen LogP contribution in [0, 0.1) is 35.5 Å². The highest BCUT2D eigenvalue weighted by Crippen LogP contribution is 2.48. The first-order valence-corrected chi connectivity index (χ1v) is 8.25. The second-order valence-corrected chi connectivity index (χ2v) is 6.89.